The maximum atomic E-state index is 5.89. The number of nitrogens with zero attached hydrogens (tertiary/aromatic N) is 3. The molecule has 4 rings (SSSR count). The zero-order valence-electron chi connectivity index (χ0n) is 14.5. The Kier molecular flexibility index (Phi) is 5.73. The molecular formula is C19H21N3O2S. The van der Waals surface area contributed by atoms with Crippen molar-refractivity contribution in [1.29, 1.82) is 0 Å². The number of rotatable bonds is 3. The number of hydrogen-bond donors (Lipinski definition) is 0. The first-order chi connectivity index (χ1) is 12.2. The Hall–Kier alpha value is -2.31. The molecule has 0 aromatic carbocycles. The lowest BCUT2D eigenvalue weighted by Crippen LogP contribution is -1.98. The average molecular weight is 355 g/mol. The molecule has 1 aliphatic rings. The minimum absolute atomic E-state index is 0.649. The summed E-state index contributed by atoms with van der Waals surface area (Å²) in [7, 11) is 1.68. The van der Waals surface area contributed by atoms with E-state index in [9.17, 15) is 0 Å². The van der Waals surface area contributed by atoms with Crippen LogP contribution in [0.2, 0.25) is 0 Å². The van der Waals surface area contributed by atoms with Crippen molar-refractivity contribution in [3.8, 4) is 21.3 Å². The highest BCUT2D eigenvalue weighted by Gasteiger charge is 2.21. The second-order valence-electron chi connectivity index (χ2n) is 5.60. The molecular weight excluding hydrogens is 334 g/mol. The zero-order chi connectivity index (χ0) is 17.6. The van der Waals surface area contributed by atoms with Crippen molar-refractivity contribution in [2.24, 2.45) is 0 Å². The first-order valence-corrected chi connectivity index (χ1v) is 9.08. The maximum Gasteiger partial charge on any atom is 0.238 e. The first-order valence-electron chi connectivity index (χ1n) is 8.26. The van der Waals surface area contributed by atoms with E-state index >= 15 is 0 Å². The van der Waals surface area contributed by atoms with Crippen molar-refractivity contribution in [3.05, 3.63) is 48.8 Å². The van der Waals surface area contributed by atoms with E-state index in [2.05, 4.69) is 26.3 Å². The van der Waals surface area contributed by atoms with Crippen LogP contribution in [0.1, 0.15) is 31.2 Å². The van der Waals surface area contributed by atoms with Crippen LogP contribution in [0.3, 0.4) is 0 Å². The number of ether oxygens (including phenoxy) is 1. The number of methoxy groups -OCH3 is 1. The summed E-state index contributed by atoms with van der Waals surface area (Å²) in [6.45, 7) is 6.85. The molecule has 0 saturated heterocycles. The van der Waals surface area contributed by atoms with Gasteiger partial charge in [0.05, 0.1) is 6.20 Å². The predicted molar refractivity (Wildman–Crippen MR) is 100 cm³/mol. The van der Waals surface area contributed by atoms with Gasteiger partial charge in [-0.25, -0.2) is 9.97 Å². The zero-order valence-corrected chi connectivity index (χ0v) is 15.3. The smallest absolute Gasteiger partial charge is 0.238 e. The van der Waals surface area contributed by atoms with Crippen molar-refractivity contribution < 1.29 is 9.15 Å². The molecule has 0 radical (unpaired) electrons. The summed E-state index contributed by atoms with van der Waals surface area (Å²) in [4.78, 5) is 14.1. The third kappa shape index (κ3) is 4.03. The summed E-state index contributed by atoms with van der Waals surface area (Å²) in [5, 5.41) is 0.924. The van der Waals surface area contributed by atoms with E-state index in [0.29, 0.717) is 5.89 Å². The van der Waals surface area contributed by atoms with Gasteiger partial charge in [-0.3, -0.25) is 4.98 Å². The molecule has 130 valence electrons. The molecule has 1 aliphatic carbocycles. The monoisotopic (exact) mass is 355 g/mol. The largest absolute Gasteiger partial charge is 0.440 e. The van der Waals surface area contributed by atoms with Crippen LogP contribution in [0.5, 0.6) is 0 Å². The summed E-state index contributed by atoms with van der Waals surface area (Å²) in [5.74, 6) is 1.60. The van der Waals surface area contributed by atoms with Crippen LogP contribution in [0.25, 0.3) is 26.9 Å². The molecule has 0 aliphatic heterocycles. The highest BCUT2D eigenvalue weighted by molar-refractivity contribution is 7.18. The Morgan fingerprint density at radius 2 is 2.16 bits per heavy atom. The Morgan fingerprint density at radius 1 is 1.32 bits per heavy atom. The van der Waals surface area contributed by atoms with Gasteiger partial charge < -0.3 is 9.15 Å². The van der Waals surface area contributed by atoms with Gasteiger partial charge in [-0.1, -0.05) is 6.58 Å². The van der Waals surface area contributed by atoms with Gasteiger partial charge in [-0.2, -0.15) is 0 Å². The van der Waals surface area contributed by atoms with Gasteiger partial charge >= 0.3 is 0 Å². The van der Waals surface area contributed by atoms with Crippen molar-refractivity contribution in [3.63, 3.8) is 0 Å². The molecule has 0 bridgehead atoms. The Balaban J connectivity index is 0.000000415. The van der Waals surface area contributed by atoms with E-state index in [-0.39, 0.29) is 0 Å². The number of pyridine rings is 1. The van der Waals surface area contributed by atoms with E-state index in [0.717, 1.165) is 58.3 Å². The normalized spacial score (nSPS) is 13.1. The van der Waals surface area contributed by atoms with Crippen LogP contribution in [0.15, 0.2) is 41.7 Å². The summed E-state index contributed by atoms with van der Waals surface area (Å²) < 4.78 is 10.4. The van der Waals surface area contributed by atoms with Crippen LogP contribution in [0, 0.1) is 0 Å². The summed E-state index contributed by atoms with van der Waals surface area (Å²) >= 11 is 1.57. The molecule has 3 aromatic heterocycles. The van der Waals surface area contributed by atoms with Gasteiger partial charge in [-0.15, -0.1) is 11.3 Å². The maximum absolute atomic E-state index is 5.89. The lowest BCUT2D eigenvalue weighted by molar-refractivity contribution is 0.215. The molecule has 25 heavy (non-hydrogen) atoms. The van der Waals surface area contributed by atoms with Gasteiger partial charge in [0.15, 0.2) is 0 Å². The van der Waals surface area contributed by atoms with Gasteiger partial charge in [0.1, 0.15) is 21.3 Å². The van der Waals surface area contributed by atoms with Gasteiger partial charge in [0.25, 0.3) is 0 Å². The van der Waals surface area contributed by atoms with E-state index < -0.39 is 0 Å². The number of thiazole rings is 1. The van der Waals surface area contributed by atoms with Crippen LogP contribution < -0.4 is 0 Å². The van der Waals surface area contributed by atoms with Crippen molar-refractivity contribution >= 4 is 16.9 Å². The fourth-order valence-electron chi connectivity index (χ4n) is 2.48. The van der Waals surface area contributed by atoms with E-state index in [1.165, 1.54) is 0 Å². The lowest BCUT2D eigenvalue weighted by Gasteiger charge is -2.09. The molecule has 0 unspecified atom stereocenters. The Bertz CT molecular complexity index is 837. The number of allylic oxidation sites excluding steroid dienone is 1. The van der Waals surface area contributed by atoms with Gasteiger partial charge in [0, 0.05) is 38.1 Å². The standard InChI is InChI=1S/C16H13N3OS.C3H8O/c1-10-4-2-6-12-14(10)19-15(20-12)13-9-18-16(21-13)11-5-3-7-17-8-11;1-3-4-2/h3,5,7-9H,1-2,4,6H2;3H2,1-2H3. The fraction of sp³-hybridized carbons (Fsp3) is 0.316. The average Bonchev–Trinajstić information content (AvgIpc) is 3.30. The molecule has 0 saturated carbocycles. The molecule has 6 heteroatoms. The molecule has 0 atom stereocenters. The third-order valence-corrected chi connectivity index (χ3v) is 4.86. The fourth-order valence-corrected chi connectivity index (χ4v) is 3.31. The highest BCUT2D eigenvalue weighted by Crippen LogP contribution is 2.36. The third-order valence-electron chi connectivity index (χ3n) is 3.83. The van der Waals surface area contributed by atoms with E-state index in [1.807, 2.05) is 31.5 Å². The van der Waals surface area contributed by atoms with Crippen LogP contribution in [-0.2, 0) is 11.2 Å². The molecule has 5 nitrogen and oxygen atoms in total. The van der Waals surface area contributed by atoms with Crippen LogP contribution in [0.4, 0.5) is 0 Å². The molecule has 3 aromatic rings. The minimum Gasteiger partial charge on any atom is -0.440 e. The number of aryl methyl sites for hydroxylation is 1. The molecule has 0 amide bonds. The first kappa shape index (κ1) is 17.5. The summed E-state index contributed by atoms with van der Waals surface area (Å²) in [5.41, 5.74) is 3.02. The van der Waals surface area contributed by atoms with Crippen LogP contribution in [-0.4, -0.2) is 28.7 Å². The minimum atomic E-state index is 0.649. The second-order valence-corrected chi connectivity index (χ2v) is 6.63. The number of hydrogen-bond acceptors (Lipinski definition) is 6. The molecule has 0 spiro atoms. The van der Waals surface area contributed by atoms with Gasteiger partial charge in [0.2, 0.25) is 5.89 Å². The van der Waals surface area contributed by atoms with Crippen molar-refractivity contribution in [2.75, 3.05) is 13.7 Å². The molecule has 0 N–H and O–H groups in total. The highest BCUT2D eigenvalue weighted by atomic mass is 32.1. The second kappa shape index (κ2) is 8.18. The van der Waals surface area contributed by atoms with Crippen molar-refractivity contribution in [2.45, 2.75) is 26.2 Å². The summed E-state index contributed by atoms with van der Waals surface area (Å²) in [6, 6.07) is 3.91. The van der Waals surface area contributed by atoms with E-state index in [1.54, 1.807) is 24.6 Å². The molecule has 0 fully saturated rings. The lowest BCUT2D eigenvalue weighted by atomic mass is 9.98. The van der Waals surface area contributed by atoms with Crippen molar-refractivity contribution in [1.82, 2.24) is 15.0 Å². The van der Waals surface area contributed by atoms with E-state index in [4.69, 9.17) is 4.42 Å². The Labute approximate surface area is 151 Å². The topological polar surface area (TPSA) is 61.0 Å². The van der Waals surface area contributed by atoms with Gasteiger partial charge in [-0.05, 0) is 37.5 Å². The quantitative estimate of drug-likeness (QED) is 0.671. The number of aromatic nitrogens is 3. The Morgan fingerprint density at radius 3 is 2.84 bits per heavy atom. The summed E-state index contributed by atoms with van der Waals surface area (Å²) in [6.07, 6.45) is 8.41. The predicted octanol–water partition coefficient (Wildman–Crippen LogP) is 4.86. The number of fused-ring (bicyclic) bond motifs is 1. The SMILES string of the molecule is C=C1CCCc2oc(-c3cnc(-c4cccnc4)s3)nc21.CCOC. The molecule has 3 heterocycles. The number of oxazole rings is 1. The van der Waals surface area contributed by atoms with Crippen LogP contribution >= 0.6 is 11.3 Å².